The van der Waals surface area contributed by atoms with Crippen LogP contribution in [0.3, 0.4) is 0 Å². The first-order chi connectivity index (χ1) is 11.8. The monoisotopic (exact) mass is 361 g/mol. The summed E-state index contributed by atoms with van der Waals surface area (Å²) in [5.41, 5.74) is 1.40. The molecule has 3 aromatic rings. The van der Waals surface area contributed by atoms with Crippen molar-refractivity contribution >= 4 is 21.1 Å². The Kier molecular flexibility index (Phi) is 3.62. The first-order valence-electron chi connectivity index (χ1n) is 8.08. The molecule has 3 aromatic heterocycles. The van der Waals surface area contributed by atoms with Gasteiger partial charge in [0.15, 0.2) is 5.65 Å². The van der Waals surface area contributed by atoms with Gasteiger partial charge in [0.05, 0.1) is 11.7 Å². The number of aryl methyl sites for hydroxylation is 4. The summed E-state index contributed by atoms with van der Waals surface area (Å²) >= 11 is 0. The van der Waals surface area contributed by atoms with Crippen molar-refractivity contribution in [3.05, 3.63) is 29.6 Å². The van der Waals surface area contributed by atoms with Crippen LogP contribution in [0.1, 0.15) is 36.2 Å². The summed E-state index contributed by atoms with van der Waals surface area (Å²) in [5, 5.41) is 9.32. The number of fused-ring (bicyclic) bond motifs is 2. The van der Waals surface area contributed by atoms with Gasteiger partial charge in [-0.3, -0.25) is 4.68 Å². The molecule has 0 amide bonds. The van der Waals surface area contributed by atoms with E-state index in [9.17, 15) is 8.42 Å². The summed E-state index contributed by atoms with van der Waals surface area (Å²) in [6.45, 7) is 4.40. The van der Waals surface area contributed by atoms with Crippen LogP contribution in [-0.4, -0.2) is 37.9 Å². The second-order valence-corrected chi connectivity index (χ2v) is 8.02. The minimum Gasteiger partial charge on any atom is -0.250 e. The Hall–Kier alpha value is -2.33. The second kappa shape index (κ2) is 5.60. The lowest BCUT2D eigenvalue weighted by Crippen LogP contribution is -2.33. The number of sulfonamides is 1. The summed E-state index contributed by atoms with van der Waals surface area (Å²) in [6.07, 6.45) is 2.91. The van der Waals surface area contributed by atoms with Crippen molar-refractivity contribution in [2.75, 3.05) is 0 Å². The first-order valence-corrected chi connectivity index (χ1v) is 9.56. The molecular weight excluding hydrogens is 342 g/mol. The highest BCUT2D eigenvalue weighted by Crippen LogP contribution is 2.26. The maximum atomic E-state index is 12.8. The predicted molar refractivity (Wildman–Crippen MR) is 90.3 cm³/mol. The van der Waals surface area contributed by atoms with Gasteiger partial charge in [-0.2, -0.15) is 10.2 Å². The molecular formula is C15H19N7O2S. The summed E-state index contributed by atoms with van der Waals surface area (Å²) in [7, 11) is -1.94. The lowest BCUT2D eigenvalue weighted by Gasteiger charge is -2.22. The van der Waals surface area contributed by atoms with Crippen LogP contribution in [0.25, 0.3) is 11.0 Å². The van der Waals surface area contributed by atoms with Crippen molar-refractivity contribution in [1.29, 1.82) is 0 Å². The predicted octanol–water partition coefficient (Wildman–Crippen LogP) is 0.990. The van der Waals surface area contributed by atoms with E-state index >= 15 is 0 Å². The van der Waals surface area contributed by atoms with Gasteiger partial charge in [0.1, 0.15) is 16.5 Å². The molecule has 0 aromatic carbocycles. The second-order valence-electron chi connectivity index (χ2n) is 6.31. The van der Waals surface area contributed by atoms with Crippen molar-refractivity contribution < 1.29 is 8.42 Å². The molecule has 0 aliphatic carbocycles. The Bertz CT molecular complexity index is 1070. The Labute approximate surface area is 145 Å². The molecule has 0 fully saturated rings. The van der Waals surface area contributed by atoms with Crippen LogP contribution in [0.5, 0.6) is 0 Å². The lowest BCUT2D eigenvalue weighted by molar-refractivity contribution is 0.399. The highest BCUT2D eigenvalue weighted by Gasteiger charge is 2.29. The van der Waals surface area contributed by atoms with Crippen molar-refractivity contribution in [3.63, 3.8) is 0 Å². The third-order valence-electron chi connectivity index (χ3n) is 4.43. The molecule has 1 aliphatic rings. The smallest absolute Gasteiger partial charge is 0.242 e. The van der Waals surface area contributed by atoms with Gasteiger partial charge in [-0.15, -0.1) is 0 Å². The van der Waals surface area contributed by atoms with Crippen molar-refractivity contribution in [2.24, 2.45) is 7.05 Å². The van der Waals surface area contributed by atoms with Crippen LogP contribution in [0, 0.1) is 13.8 Å². The van der Waals surface area contributed by atoms with Gasteiger partial charge in [-0.25, -0.2) is 27.8 Å². The zero-order valence-corrected chi connectivity index (χ0v) is 15.1. The van der Waals surface area contributed by atoms with Crippen LogP contribution >= 0.6 is 0 Å². The SMILES string of the molecule is Cc1nc2n(n1)CCC[C@@H]2NS(=O)(=O)c1cnc2c(c1)c(C)nn2C. The maximum absolute atomic E-state index is 12.8. The maximum Gasteiger partial charge on any atom is 0.242 e. The average Bonchev–Trinajstić information content (AvgIpc) is 3.07. The van der Waals surface area contributed by atoms with Gasteiger partial charge in [-0.1, -0.05) is 0 Å². The zero-order valence-electron chi connectivity index (χ0n) is 14.3. The number of nitrogens with one attached hydrogen (secondary N) is 1. The molecule has 1 atom stereocenters. The largest absolute Gasteiger partial charge is 0.250 e. The summed E-state index contributed by atoms with van der Waals surface area (Å²) in [4.78, 5) is 8.76. The summed E-state index contributed by atoms with van der Waals surface area (Å²) in [5.74, 6) is 1.31. The van der Waals surface area contributed by atoms with Crippen LogP contribution in [0.4, 0.5) is 0 Å². The van der Waals surface area contributed by atoms with Gasteiger partial charge in [-0.05, 0) is 32.8 Å². The van der Waals surface area contributed by atoms with E-state index in [1.54, 1.807) is 29.4 Å². The number of hydrogen-bond donors (Lipinski definition) is 1. The average molecular weight is 361 g/mol. The van der Waals surface area contributed by atoms with E-state index < -0.39 is 10.0 Å². The standard InChI is InChI=1S/C15H19N7O2S/c1-9-12-7-11(8-16-14(12)21(3)18-9)25(23,24)20-13-5-4-6-22-15(13)17-10(2)19-22/h7-8,13,20H,4-6H2,1-3H3/t13-/m0/s1. The number of nitrogens with zero attached hydrogens (tertiary/aromatic N) is 6. The van der Waals surface area contributed by atoms with Gasteiger partial charge in [0.25, 0.3) is 0 Å². The summed E-state index contributed by atoms with van der Waals surface area (Å²) < 4.78 is 31.9. The Morgan fingerprint density at radius 1 is 1.28 bits per heavy atom. The third kappa shape index (κ3) is 2.71. The molecule has 0 saturated carbocycles. The Morgan fingerprint density at radius 2 is 2.08 bits per heavy atom. The number of rotatable bonds is 3. The fourth-order valence-corrected chi connectivity index (χ4v) is 4.47. The molecule has 1 N–H and O–H groups in total. The van der Waals surface area contributed by atoms with E-state index in [0.29, 0.717) is 23.7 Å². The first kappa shape index (κ1) is 16.2. The van der Waals surface area contributed by atoms with Crippen LogP contribution in [-0.2, 0) is 23.6 Å². The molecule has 0 unspecified atom stereocenters. The topological polar surface area (TPSA) is 108 Å². The van der Waals surface area contributed by atoms with Gasteiger partial charge < -0.3 is 0 Å². The molecule has 0 spiro atoms. The number of aromatic nitrogens is 6. The molecule has 10 heteroatoms. The van der Waals surface area contributed by atoms with E-state index in [1.807, 2.05) is 6.92 Å². The van der Waals surface area contributed by atoms with Crippen molar-refractivity contribution in [3.8, 4) is 0 Å². The highest BCUT2D eigenvalue weighted by atomic mass is 32.2. The van der Waals surface area contributed by atoms with Crippen LogP contribution in [0.15, 0.2) is 17.2 Å². The van der Waals surface area contributed by atoms with E-state index in [1.165, 1.54) is 6.20 Å². The number of pyridine rings is 1. The summed E-state index contributed by atoms with van der Waals surface area (Å²) in [6, 6.07) is 1.23. The molecule has 132 valence electrons. The quantitative estimate of drug-likeness (QED) is 0.745. The van der Waals surface area contributed by atoms with Gasteiger partial charge in [0, 0.05) is 25.2 Å². The normalized spacial score (nSPS) is 17.8. The molecule has 9 nitrogen and oxygen atoms in total. The van der Waals surface area contributed by atoms with E-state index in [2.05, 4.69) is 24.9 Å². The molecule has 25 heavy (non-hydrogen) atoms. The number of hydrogen-bond acceptors (Lipinski definition) is 6. The van der Waals surface area contributed by atoms with Gasteiger partial charge in [0.2, 0.25) is 10.0 Å². The fraction of sp³-hybridized carbons (Fsp3) is 0.467. The molecule has 4 heterocycles. The lowest BCUT2D eigenvalue weighted by atomic mass is 10.1. The van der Waals surface area contributed by atoms with E-state index in [4.69, 9.17) is 0 Å². The van der Waals surface area contributed by atoms with Crippen molar-refractivity contribution in [1.82, 2.24) is 34.3 Å². The molecule has 0 radical (unpaired) electrons. The Morgan fingerprint density at radius 3 is 2.88 bits per heavy atom. The third-order valence-corrected chi connectivity index (χ3v) is 5.86. The van der Waals surface area contributed by atoms with Crippen molar-refractivity contribution in [2.45, 2.75) is 44.2 Å². The van der Waals surface area contributed by atoms with Crippen LogP contribution < -0.4 is 4.72 Å². The molecule has 0 bridgehead atoms. The molecule has 1 aliphatic heterocycles. The minimum atomic E-state index is -3.72. The Balaban J connectivity index is 1.70. The van der Waals surface area contributed by atoms with Gasteiger partial charge >= 0.3 is 0 Å². The molecule has 4 rings (SSSR count). The van der Waals surface area contributed by atoms with E-state index in [0.717, 1.165) is 24.0 Å². The minimum absolute atomic E-state index is 0.129. The zero-order chi connectivity index (χ0) is 17.8. The fourth-order valence-electron chi connectivity index (χ4n) is 3.27. The highest BCUT2D eigenvalue weighted by molar-refractivity contribution is 7.89. The molecule has 0 saturated heterocycles. The van der Waals surface area contributed by atoms with E-state index in [-0.39, 0.29) is 10.9 Å². The van der Waals surface area contributed by atoms with Crippen LogP contribution in [0.2, 0.25) is 0 Å².